The summed E-state index contributed by atoms with van der Waals surface area (Å²) in [6.07, 6.45) is 0. The monoisotopic (exact) mass is 702 g/mol. The molecule has 0 saturated carbocycles. The average Bonchev–Trinajstić information content (AvgIpc) is 3.80. The molecule has 0 fully saturated rings. The molecule has 0 aliphatic carbocycles. The van der Waals surface area contributed by atoms with E-state index in [0.717, 1.165) is 55.8 Å². The minimum absolute atomic E-state index is 0.893. The van der Waals surface area contributed by atoms with Gasteiger partial charge in [-0.15, -0.1) is 0 Å². The fraction of sp³-hybridized carbons (Fsp3) is 0. The Morgan fingerprint density at radius 1 is 0.382 bits per heavy atom. The van der Waals surface area contributed by atoms with Crippen molar-refractivity contribution in [3.8, 4) is 27.9 Å². The van der Waals surface area contributed by atoms with Crippen LogP contribution in [0.15, 0.2) is 211 Å². The molecule has 0 saturated heterocycles. The molecule has 0 N–H and O–H groups in total. The third-order valence-electron chi connectivity index (χ3n) is 11.0. The summed E-state index contributed by atoms with van der Waals surface area (Å²) in [4.78, 5) is 2.37. The van der Waals surface area contributed by atoms with Gasteiger partial charge in [0.2, 0.25) is 0 Å². The number of hydrogen-bond acceptors (Lipinski definition) is 2. The van der Waals surface area contributed by atoms with Crippen LogP contribution in [-0.4, -0.2) is 4.57 Å². The molecule has 9 aromatic carbocycles. The summed E-state index contributed by atoms with van der Waals surface area (Å²) >= 11 is 0. The van der Waals surface area contributed by atoms with E-state index in [9.17, 15) is 0 Å². The van der Waals surface area contributed by atoms with Gasteiger partial charge in [0, 0.05) is 33.1 Å². The molecule has 0 aliphatic heterocycles. The molecule has 0 radical (unpaired) electrons. The number of hydrogen-bond donors (Lipinski definition) is 0. The first-order valence-corrected chi connectivity index (χ1v) is 18.8. The van der Waals surface area contributed by atoms with Crippen molar-refractivity contribution in [1.82, 2.24) is 4.57 Å². The van der Waals surface area contributed by atoms with E-state index in [0.29, 0.717) is 0 Å². The second kappa shape index (κ2) is 12.6. The number of para-hydroxylation sites is 4. The van der Waals surface area contributed by atoms with Gasteiger partial charge in [-0.2, -0.15) is 0 Å². The van der Waals surface area contributed by atoms with Crippen molar-refractivity contribution in [2.45, 2.75) is 0 Å². The molecule has 11 rings (SSSR count). The lowest BCUT2D eigenvalue weighted by Crippen LogP contribution is -2.11. The van der Waals surface area contributed by atoms with E-state index in [2.05, 4.69) is 204 Å². The van der Waals surface area contributed by atoms with Gasteiger partial charge in [0.15, 0.2) is 0 Å². The quantitative estimate of drug-likeness (QED) is 0.172. The SMILES string of the molecule is c1ccc(N(c2ccc3ccccc3c2)c2ccccc2-c2cccc(-c3ccc4c(c3)c3ccccc3n4-c3cccc4oc5ccccc5c34)c2)cc1. The zero-order valence-corrected chi connectivity index (χ0v) is 29.9. The third kappa shape index (κ3) is 5.13. The van der Waals surface area contributed by atoms with Gasteiger partial charge in [-0.05, 0) is 100 Å². The first-order valence-electron chi connectivity index (χ1n) is 18.8. The van der Waals surface area contributed by atoms with Crippen molar-refractivity contribution < 1.29 is 4.42 Å². The van der Waals surface area contributed by atoms with Gasteiger partial charge in [0.1, 0.15) is 11.2 Å². The van der Waals surface area contributed by atoms with Crippen LogP contribution in [0.25, 0.3) is 82.5 Å². The molecule has 0 unspecified atom stereocenters. The predicted octanol–water partition coefficient (Wildman–Crippen LogP) is 14.6. The Kier molecular flexibility index (Phi) is 7.17. The molecule has 0 atom stereocenters. The summed E-state index contributed by atoms with van der Waals surface area (Å²) in [7, 11) is 0. The van der Waals surface area contributed by atoms with Crippen molar-refractivity contribution in [3.63, 3.8) is 0 Å². The fourth-order valence-corrected chi connectivity index (χ4v) is 8.45. The van der Waals surface area contributed by atoms with E-state index in [1.54, 1.807) is 0 Å². The number of anilines is 3. The number of rotatable bonds is 6. The highest BCUT2D eigenvalue weighted by Crippen LogP contribution is 2.43. The lowest BCUT2D eigenvalue weighted by atomic mass is 9.96. The molecule has 2 aromatic heterocycles. The number of benzene rings is 9. The van der Waals surface area contributed by atoms with Crippen LogP contribution < -0.4 is 4.90 Å². The zero-order valence-electron chi connectivity index (χ0n) is 29.9. The maximum atomic E-state index is 6.31. The maximum absolute atomic E-state index is 6.31. The minimum atomic E-state index is 0.893. The zero-order chi connectivity index (χ0) is 36.3. The Balaban J connectivity index is 1.06. The van der Waals surface area contributed by atoms with Gasteiger partial charge < -0.3 is 13.9 Å². The summed E-state index contributed by atoms with van der Waals surface area (Å²) in [6.45, 7) is 0. The predicted molar refractivity (Wildman–Crippen MR) is 231 cm³/mol. The summed E-state index contributed by atoms with van der Waals surface area (Å²) in [5.41, 5.74) is 13.3. The van der Waals surface area contributed by atoms with E-state index in [1.807, 2.05) is 12.1 Å². The molecule has 55 heavy (non-hydrogen) atoms. The van der Waals surface area contributed by atoms with Gasteiger partial charge >= 0.3 is 0 Å². The van der Waals surface area contributed by atoms with Gasteiger partial charge in [0.25, 0.3) is 0 Å². The van der Waals surface area contributed by atoms with E-state index >= 15 is 0 Å². The largest absolute Gasteiger partial charge is 0.456 e. The van der Waals surface area contributed by atoms with Crippen molar-refractivity contribution in [3.05, 3.63) is 206 Å². The summed E-state index contributed by atoms with van der Waals surface area (Å²) in [5.74, 6) is 0. The van der Waals surface area contributed by atoms with Gasteiger partial charge in [-0.3, -0.25) is 0 Å². The topological polar surface area (TPSA) is 21.3 Å². The lowest BCUT2D eigenvalue weighted by Gasteiger charge is -2.28. The van der Waals surface area contributed by atoms with Gasteiger partial charge in [-0.25, -0.2) is 0 Å². The van der Waals surface area contributed by atoms with Crippen LogP contribution in [0.1, 0.15) is 0 Å². The standard InChI is InChI=1S/C52H34N2O/c1-2-18-40(19-3-1)53(41-30-28-35-14-4-5-15-37(35)33-41)46-23-9-6-20-42(46)39-17-12-16-36(32-39)38-29-31-48-45(34-38)43-21-7-10-24-47(43)54(48)49-25-13-27-51-52(49)44-22-8-11-26-50(44)55-51/h1-34H. The number of furan rings is 1. The van der Waals surface area contributed by atoms with Crippen molar-refractivity contribution >= 4 is 71.6 Å². The molecule has 11 aromatic rings. The molecule has 0 aliphatic rings. The maximum Gasteiger partial charge on any atom is 0.137 e. The average molecular weight is 703 g/mol. The smallest absolute Gasteiger partial charge is 0.137 e. The molecule has 0 spiro atoms. The molecule has 3 nitrogen and oxygen atoms in total. The van der Waals surface area contributed by atoms with E-state index in [-0.39, 0.29) is 0 Å². The van der Waals surface area contributed by atoms with Crippen LogP contribution in [0.2, 0.25) is 0 Å². The van der Waals surface area contributed by atoms with Crippen LogP contribution >= 0.6 is 0 Å². The Morgan fingerprint density at radius 3 is 2.00 bits per heavy atom. The van der Waals surface area contributed by atoms with Crippen LogP contribution in [0.5, 0.6) is 0 Å². The van der Waals surface area contributed by atoms with Crippen molar-refractivity contribution in [1.29, 1.82) is 0 Å². The Morgan fingerprint density at radius 2 is 1.07 bits per heavy atom. The summed E-state index contributed by atoms with van der Waals surface area (Å²) in [6, 6.07) is 74.0. The van der Waals surface area contributed by atoms with Crippen molar-refractivity contribution in [2.24, 2.45) is 0 Å². The third-order valence-corrected chi connectivity index (χ3v) is 11.0. The van der Waals surface area contributed by atoms with E-state index in [4.69, 9.17) is 4.42 Å². The number of nitrogens with zero attached hydrogens (tertiary/aromatic N) is 2. The molecular formula is C52H34N2O. The van der Waals surface area contributed by atoms with E-state index < -0.39 is 0 Å². The second-order valence-electron chi connectivity index (χ2n) is 14.1. The van der Waals surface area contributed by atoms with E-state index in [1.165, 1.54) is 43.8 Å². The lowest BCUT2D eigenvalue weighted by molar-refractivity contribution is 0.669. The normalized spacial score (nSPS) is 11.6. The Bertz CT molecular complexity index is 3220. The minimum Gasteiger partial charge on any atom is -0.456 e. The summed E-state index contributed by atoms with van der Waals surface area (Å²) in [5, 5.41) is 7.14. The molecule has 0 bridgehead atoms. The molecule has 3 heteroatoms. The fourth-order valence-electron chi connectivity index (χ4n) is 8.45. The first kappa shape index (κ1) is 31.2. The van der Waals surface area contributed by atoms with Crippen LogP contribution in [0.3, 0.4) is 0 Å². The molecule has 2 heterocycles. The van der Waals surface area contributed by atoms with Gasteiger partial charge in [0.05, 0.1) is 27.8 Å². The van der Waals surface area contributed by atoms with Crippen molar-refractivity contribution in [2.75, 3.05) is 4.90 Å². The van der Waals surface area contributed by atoms with Crippen LogP contribution in [0, 0.1) is 0 Å². The van der Waals surface area contributed by atoms with Crippen LogP contribution in [-0.2, 0) is 0 Å². The van der Waals surface area contributed by atoms with Crippen LogP contribution in [0.4, 0.5) is 17.1 Å². The Hall–Kier alpha value is -7.36. The second-order valence-corrected chi connectivity index (χ2v) is 14.1. The number of aromatic nitrogens is 1. The highest BCUT2D eigenvalue weighted by molar-refractivity contribution is 6.15. The summed E-state index contributed by atoms with van der Waals surface area (Å²) < 4.78 is 8.71. The molecule has 0 amide bonds. The van der Waals surface area contributed by atoms with Gasteiger partial charge in [-0.1, -0.05) is 133 Å². The molecular weight excluding hydrogens is 669 g/mol. The highest BCUT2D eigenvalue weighted by Gasteiger charge is 2.20. The molecule has 258 valence electrons. The number of fused-ring (bicyclic) bond motifs is 7. The first-order chi connectivity index (χ1) is 27.3. The Labute approximate surface area is 318 Å². The highest BCUT2D eigenvalue weighted by atomic mass is 16.3.